The molecule has 0 aromatic carbocycles. The van der Waals surface area contributed by atoms with E-state index in [1.54, 1.807) is 7.11 Å². The summed E-state index contributed by atoms with van der Waals surface area (Å²) >= 11 is 0. The number of hydrogen-bond donors (Lipinski definition) is 0. The molecule has 1 saturated heterocycles. The molecule has 0 unspecified atom stereocenters. The standard InChI is InChI=1S/C11H16N2O4/c1-15-9-7-3-6-4-12-13-11(6,10(14)16-2)8(7)5-17-9/h6-9H,3-5H2,1-2H3/t6-,7+,8+,9+,11+/m1/s1. The van der Waals surface area contributed by atoms with E-state index in [-0.39, 0.29) is 30.0 Å². The van der Waals surface area contributed by atoms with Gasteiger partial charge in [0.1, 0.15) is 0 Å². The van der Waals surface area contributed by atoms with Crippen molar-refractivity contribution < 1.29 is 19.0 Å². The SMILES string of the molecule is COC(=O)[C@]12N=NC[C@H]1C[C@@H]1[C@@H](OC)OC[C@@H]12. The smallest absolute Gasteiger partial charge is 0.336 e. The second-order valence-electron chi connectivity index (χ2n) is 4.88. The van der Waals surface area contributed by atoms with Gasteiger partial charge in [0, 0.05) is 24.9 Å². The molecule has 0 aromatic rings. The Hall–Kier alpha value is -1.01. The minimum atomic E-state index is -0.813. The van der Waals surface area contributed by atoms with E-state index >= 15 is 0 Å². The summed E-state index contributed by atoms with van der Waals surface area (Å²) in [4.78, 5) is 12.1. The van der Waals surface area contributed by atoms with Crippen LogP contribution in [0.15, 0.2) is 10.2 Å². The number of rotatable bonds is 2. The van der Waals surface area contributed by atoms with Crippen molar-refractivity contribution in [3.8, 4) is 0 Å². The van der Waals surface area contributed by atoms with E-state index in [1.807, 2.05) is 0 Å². The number of carbonyl (C=O) groups excluding carboxylic acids is 1. The molecular weight excluding hydrogens is 224 g/mol. The number of azo groups is 1. The van der Waals surface area contributed by atoms with E-state index in [4.69, 9.17) is 14.2 Å². The maximum absolute atomic E-state index is 12.1. The summed E-state index contributed by atoms with van der Waals surface area (Å²) in [6, 6.07) is 0. The van der Waals surface area contributed by atoms with E-state index in [9.17, 15) is 4.79 Å². The number of esters is 1. The number of carbonyl (C=O) groups is 1. The Labute approximate surface area is 99.3 Å². The molecule has 6 nitrogen and oxygen atoms in total. The van der Waals surface area contributed by atoms with Crippen molar-refractivity contribution in [2.75, 3.05) is 27.4 Å². The molecule has 2 fully saturated rings. The highest BCUT2D eigenvalue weighted by Gasteiger charge is 2.67. The average Bonchev–Trinajstić information content (AvgIpc) is 2.97. The van der Waals surface area contributed by atoms with Gasteiger partial charge in [0.2, 0.25) is 0 Å². The molecule has 5 atom stereocenters. The minimum absolute atomic E-state index is 0.0381. The van der Waals surface area contributed by atoms with Crippen LogP contribution < -0.4 is 0 Å². The molecule has 0 amide bonds. The Morgan fingerprint density at radius 3 is 3.00 bits per heavy atom. The molecule has 2 heterocycles. The Bertz CT molecular complexity index is 372. The maximum atomic E-state index is 12.1. The highest BCUT2D eigenvalue weighted by molar-refractivity contribution is 5.83. The molecule has 0 N–H and O–H groups in total. The second kappa shape index (κ2) is 3.74. The summed E-state index contributed by atoms with van der Waals surface area (Å²) in [5.74, 6) is 0.127. The first-order chi connectivity index (χ1) is 8.24. The Balaban J connectivity index is 1.96. The molecule has 3 rings (SSSR count). The maximum Gasteiger partial charge on any atom is 0.336 e. The van der Waals surface area contributed by atoms with Gasteiger partial charge in [-0.1, -0.05) is 0 Å². The summed E-state index contributed by atoms with van der Waals surface area (Å²) in [6.45, 7) is 1.10. The fraction of sp³-hybridized carbons (Fsp3) is 0.909. The first-order valence-corrected chi connectivity index (χ1v) is 5.85. The van der Waals surface area contributed by atoms with Gasteiger partial charge in [0.15, 0.2) is 11.8 Å². The quantitative estimate of drug-likeness (QED) is 0.663. The van der Waals surface area contributed by atoms with Crippen molar-refractivity contribution in [2.45, 2.75) is 18.2 Å². The summed E-state index contributed by atoms with van der Waals surface area (Å²) in [5.41, 5.74) is -0.813. The minimum Gasteiger partial charge on any atom is -0.467 e. The van der Waals surface area contributed by atoms with Gasteiger partial charge in [-0.25, -0.2) is 4.79 Å². The Morgan fingerprint density at radius 2 is 2.29 bits per heavy atom. The van der Waals surface area contributed by atoms with Crippen LogP contribution in [-0.4, -0.2) is 45.2 Å². The Morgan fingerprint density at radius 1 is 1.47 bits per heavy atom. The van der Waals surface area contributed by atoms with Crippen LogP contribution in [0, 0.1) is 17.8 Å². The van der Waals surface area contributed by atoms with Crippen LogP contribution in [-0.2, 0) is 19.0 Å². The lowest BCUT2D eigenvalue weighted by molar-refractivity contribution is -0.150. The van der Waals surface area contributed by atoms with Gasteiger partial charge in [-0.2, -0.15) is 10.2 Å². The number of fused-ring (bicyclic) bond motifs is 3. The third-order valence-corrected chi connectivity index (χ3v) is 4.33. The predicted molar refractivity (Wildman–Crippen MR) is 56.3 cm³/mol. The third kappa shape index (κ3) is 1.25. The van der Waals surface area contributed by atoms with E-state index < -0.39 is 5.54 Å². The zero-order valence-electron chi connectivity index (χ0n) is 9.96. The van der Waals surface area contributed by atoms with Crippen LogP contribution >= 0.6 is 0 Å². The molecule has 0 aromatic heterocycles. The summed E-state index contributed by atoms with van der Waals surface area (Å²) in [7, 11) is 3.03. The van der Waals surface area contributed by atoms with Crippen molar-refractivity contribution in [3.05, 3.63) is 0 Å². The highest BCUT2D eigenvalue weighted by Crippen LogP contribution is 2.55. The van der Waals surface area contributed by atoms with Gasteiger partial charge in [0.25, 0.3) is 0 Å². The third-order valence-electron chi connectivity index (χ3n) is 4.33. The molecule has 3 aliphatic rings. The van der Waals surface area contributed by atoms with Gasteiger partial charge in [0.05, 0.1) is 20.3 Å². The summed E-state index contributed by atoms with van der Waals surface area (Å²) < 4.78 is 15.8. The van der Waals surface area contributed by atoms with Crippen LogP contribution in [0.3, 0.4) is 0 Å². The molecular formula is C11H16N2O4. The van der Waals surface area contributed by atoms with Crippen LogP contribution in [0.1, 0.15) is 6.42 Å². The Kier molecular flexibility index (Phi) is 2.45. The number of hydrogen-bond acceptors (Lipinski definition) is 6. The van der Waals surface area contributed by atoms with Crippen LogP contribution in [0.25, 0.3) is 0 Å². The summed E-state index contributed by atoms with van der Waals surface area (Å²) in [6.07, 6.45) is 0.646. The number of nitrogens with zero attached hydrogens (tertiary/aromatic N) is 2. The van der Waals surface area contributed by atoms with E-state index in [2.05, 4.69) is 10.2 Å². The van der Waals surface area contributed by atoms with Gasteiger partial charge >= 0.3 is 5.97 Å². The van der Waals surface area contributed by atoms with E-state index in [0.29, 0.717) is 13.2 Å². The fourth-order valence-corrected chi connectivity index (χ4v) is 3.57. The van der Waals surface area contributed by atoms with Gasteiger partial charge in [-0.3, -0.25) is 0 Å². The van der Waals surface area contributed by atoms with Crippen molar-refractivity contribution in [1.82, 2.24) is 0 Å². The lowest BCUT2D eigenvalue weighted by Gasteiger charge is -2.26. The molecule has 94 valence electrons. The molecule has 0 radical (unpaired) electrons. The number of methoxy groups -OCH3 is 2. The predicted octanol–water partition coefficient (Wildman–Crippen LogP) is 0.619. The average molecular weight is 240 g/mol. The van der Waals surface area contributed by atoms with Crippen molar-refractivity contribution in [3.63, 3.8) is 0 Å². The van der Waals surface area contributed by atoms with Crippen LogP contribution in [0.4, 0.5) is 0 Å². The van der Waals surface area contributed by atoms with Gasteiger partial charge in [-0.05, 0) is 6.42 Å². The molecule has 0 spiro atoms. The molecule has 6 heteroatoms. The lowest BCUT2D eigenvalue weighted by Crippen LogP contribution is -2.46. The van der Waals surface area contributed by atoms with Gasteiger partial charge < -0.3 is 14.2 Å². The van der Waals surface area contributed by atoms with Crippen molar-refractivity contribution >= 4 is 5.97 Å². The molecule has 1 saturated carbocycles. The second-order valence-corrected chi connectivity index (χ2v) is 4.88. The molecule has 0 bridgehead atoms. The molecule has 1 aliphatic carbocycles. The largest absolute Gasteiger partial charge is 0.467 e. The normalized spacial score (nSPS) is 46.9. The lowest BCUT2D eigenvalue weighted by atomic mass is 9.81. The summed E-state index contributed by atoms with van der Waals surface area (Å²) in [5, 5.41) is 8.27. The van der Waals surface area contributed by atoms with Crippen LogP contribution in [0.2, 0.25) is 0 Å². The fourth-order valence-electron chi connectivity index (χ4n) is 3.57. The van der Waals surface area contributed by atoms with Crippen molar-refractivity contribution in [2.24, 2.45) is 28.0 Å². The molecule has 17 heavy (non-hydrogen) atoms. The van der Waals surface area contributed by atoms with Crippen molar-refractivity contribution in [1.29, 1.82) is 0 Å². The zero-order valence-corrected chi connectivity index (χ0v) is 9.96. The van der Waals surface area contributed by atoms with E-state index in [0.717, 1.165) is 6.42 Å². The first kappa shape index (κ1) is 11.1. The van der Waals surface area contributed by atoms with Gasteiger partial charge in [-0.15, -0.1) is 0 Å². The zero-order chi connectivity index (χ0) is 12.0. The number of ether oxygens (including phenoxy) is 3. The monoisotopic (exact) mass is 240 g/mol. The van der Waals surface area contributed by atoms with E-state index in [1.165, 1.54) is 7.11 Å². The first-order valence-electron chi connectivity index (χ1n) is 5.85. The highest BCUT2D eigenvalue weighted by atomic mass is 16.7. The topological polar surface area (TPSA) is 69.5 Å². The van der Waals surface area contributed by atoms with Crippen LogP contribution in [0.5, 0.6) is 0 Å². The molecule has 2 aliphatic heterocycles.